The van der Waals surface area contributed by atoms with Crippen molar-refractivity contribution in [3.8, 4) is 11.4 Å². The second-order valence-electron chi connectivity index (χ2n) is 6.73. The van der Waals surface area contributed by atoms with Crippen LogP contribution in [-0.2, 0) is 24.7 Å². The number of aryl methyl sites for hydroxylation is 2. The van der Waals surface area contributed by atoms with Gasteiger partial charge in [-0.1, -0.05) is 11.2 Å². The number of benzene rings is 2. The summed E-state index contributed by atoms with van der Waals surface area (Å²) in [7, 11) is 2.79. The predicted molar refractivity (Wildman–Crippen MR) is 106 cm³/mol. The van der Waals surface area contributed by atoms with Gasteiger partial charge in [0.05, 0.1) is 17.0 Å². The average Bonchev–Trinajstić information content (AvgIpc) is 3.04. The highest BCUT2D eigenvalue weighted by Gasteiger charge is 2.35. The minimum Gasteiger partial charge on any atom is -0.489 e. The van der Waals surface area contributed by atoms with Crippen molar-refractivity contribution in [1.29, 1.82) is 0 Å². The molecule has 0 amide bonds. The van der Waals surface area contributed by atoms with Crippen LogP contribution in [0.3, 0.4) is 0 Å². The van der Waals surface area contributed by atoms with E-state index in [1.54, 1.807) is 32.0 Å². The van der Waals surface area contributed by atoms with Gasteiger partial charge in [-0.2, -0.15) is 22.5 Å². The lowest BCUT2D eigenvalue weighted by atomic mass is 10.0. The number of hydrogen-bond donors (Lipinski definition) is 0. The average molecular weight is 435 g/mol. The van der Waals surface area contributed by atoms with Gasteiger partial charge in [0.2, 0.25) is 0 Å². The summed E-state index contributed by atoms with van der Waals surface area (Å²) in [5.41, 5.74) is 0.265. The van der Waals surface area contributed by atoms with E-state index in [-0.39, 0.29) is 11.3 Å². The first-order chi connectivity index (χ1) is 14.6. The molecule has 0 fully saturated rings. The Labute approximate surface area is 175 Å². The van der Waals surface area contributed by atoms with Gasteiger partial charge < -0.3 is 9.57 Å². The van der Waals surface area contributed by atoms with Gasteiger partial charge >= 0.3 is 11.9 Å². The third kappa shape index (κ3) is 4.60. The number of hydrogen-bond acceptors (Lipinski definition) is 6. The fraction of sp³-hybridized carbons (Fsp3) is 0.300. The molecule has 11 heteroatoms. The molecule has 3 rings (SSSR count). The first kappa shape index (κ1) is 22.1. The molecule has 1 heterocycles. The zero-order valence-electron chi connectivity index (χ0n) is 17.3. The van der Waals surface area contributed by atoms with Crippen molar-refractivity contribution in [2.24, 2.45) is 12.2 Å². The molecule has 1 aromatic heterocycles. The summed E-state index contributed by atoms with van der Waals surface area (Å²) in [6.07, 6.45) is -4.65. The number of rotatable bonds is 6. The quantitative estimate of drug-likeness (QED) is 0.439. The van der Waals surface area contributed by atoms with Crippen molar-refractivity contribution in [2.75, 3.05) is 7.11 Å². The summed E-state index contributed by atoms with van der Waals surface area (Å²) in [6, 6.07) is 8.67. The topological polar surface area (TPSA) is 83.5 Å². The summed E-state index contributed by atoms with van der Waals surface area (Å²) in [4.78, 5) is 17.0. The summed E-state index contributed by atoms with van der Waals surface area (Å²) in [5.74, 6) is 0.392. The molecule has 0 radical (unpaired) electrons. The molecule has 0 unspecified atom stereocenters. The van der Waals surface area contributed by atoms with E-state index in [1.807, 2.05) is 0 Å². The van der Waals surface area contributed by atoms with Gasteiger partial charge in [0.1, 0.15) is 19.5 Å². The van der Waals surface area contributed by atoms with E-state index in [9.17, 15) is 18.0 Å². The van der Waals surface area contributed by atoms with E-state index in [2.05, 4.69) is 15.6 Å². The second kappa shape index (κ2) is 8.62. The largest absolute Gasteiger partial charge is 0.489 e. The van der Waals surface area contributed by atoms with Gasteiger partial charge in [-0.3, -0.25) is 0 Å². The lowest BCUT2D eigenvalue weighted by Crippen LogP contribution is -2.24. The molecule has 0 aliphatic carbocycles. The zero-order chi connectivity index (χ0) is 22.8. The van der Waals surface area contributed by atoms with Crippen LogP contribution in [0.15, 0.2) is 46.3 Å². The molecular weight excluding hydrogens is 415 g/mol. The smallest absolute Gasteiger partial charge is 0.416 e. The minimum atomic E-state index is -4.65. The number of oxime groups is 1. The maximum absolute atomic E-state index is 13.7. The van der Waals surface area contributed by atoms with Gasteiger partial charge in [0.15, 0.2) is 0 Å². The van der Waals surface area contributed by atoms with Crippen LogP contribution in [0.25, 0.3) is 5.69 Å². The van der Waals surface area contributed by atoms with Crippen molar-refractivity contribution >= 4 is 5.71 Å². The first-order valence-corrected chi connectivity index (χ1v) is 9.13. The zero-order valence-corrected chi connectivity index (χ0v) is 17.3. The predicted octanol–water partition coefficient (Wildman–Crippen LogP) is 3.24. The monoisotopic (exact) mass is 435 g/mol. The number of halogens is 3. The Morgan fingerprint density at radius 1 is 1.19 bits per heavy atom. The molecule has 0 saturated carbocycles. The molecule has 8 nitrogen and oxygen atoms in total. The third-order valence-corrected chi connectivity index (χ3v) is 4.60. The van der Waals surface area contributed by atoms with Gasteiger partial charge in [-0.25, -0.2) is 4.79 Å². The van der Waals surface area contributed by atoms with Crippen molar-refractivity contribution in [1.82, 2.24) is 19.8 Å². The molecule has 0 bridgehead atoms. The third-order valence-electron chi connectivity index (χ3n) is 4.60. The lowest BCUT2D eigenvalue weighted by Gasteiger charge is -2.17. The highest BCUT2D eigenvalue weighted by Crippen LogP contribution is 2.35. The fourth-order valence-corrected chi connectivity index (χ4v) is 3.03. The standard InChI is InChI=1S/C20H20F3N5O3/c1-12-10-14(13(2)24-30-4)8-9-18(12)31-11-15-16(20(21,22)23)6-5-7-17(15)28-19(29)27(3)25-26-28/h5-10H,11H2,1-4H3. The van der Waals surface area contributed by atoms with E-state index in [0.717, 1.165) is 21.0 Å². The van der Waals surface area contributed by atoms with Crippen molar-refractivity contribution < 1.29 is 22.7 Å². The van der Waals surface area contributed by atoms with Crippen LogP contribution in [0.1, 0.15) is 29.2 Å². The molecule has 3 aromatic rings. The molecule has 0 aliphatic heterocycles. The van der Waals surface area contributed by atoms with Crippen LogP contribution >= 0.6 is 0 Å². The number of aromatic nitrogens is 4. The molecule has 0 saturated heterocycles. The number of nitrogens with zero attached hydrogens (tertiary/aromatic N) is 5. The Balaban J connectivity index is 2.00. The van der Waals surface area contributed by atoms with Crippen LogP contribution in [0.5, 0.6) is 5.75 Å². The maximum Gasteiger partial charge on any atom is 0.416 e. The van der Waals surface area contributed by atoms with Crippen LogP contribution in [0.4, 0.5) is 13.2 Å². The molecule has 0 aliphatic rings. The van der Waals surface area contributed by atoms with Crippen molar-refractivity contribution in [3.63, 3.8) is 0 Å². The fourth-order valence-electron chi connectivity index (χ4n) is 3.03. The molecule has 0 atom stereocenters. The number of ether oxygens (including phenoxy) is 1. The minimum absolute atomic E-state index is 0.0507. The van der Waals surface area contributed by atoms with Gasteiger partial charge in [0.25, 0.3) is 0 Å². The van der Waals surface area contributed by atoms with E-state index < -0.39 is 24.0 Å². The molecular formula is C20H20F3N5O3. The Morgan fingerprint density at radius 2 is 1.94 bits per heavy atom. The highest BCUT2D eigenvalue weighted by atomic mass is 19.4. The molecule has 0 N–H and O–H groups in total. The molecule has 2 aromatic carbocycles. The van der Waals surface area contributed by atoms with Gasteiger partial charge in [-0.15, -0.1) is 0 Å². The number of tetrazole rings is 1. The molecule has 164 valence electrons. The SMILES string of the molecule is CON=C(C)c1ccc(OCc2c(-n3nnn(C)c3=O)cccc2C(F)(F)F)c(C)c1. The van der Waals surface area contributed by atoms with Crippen LogP contribution in [-0.4, -0.2) is 32.6 Å². The van der Waals surface area contributed by atoms with Gasteiger partial charge in [0, 0.05) is 12.6 Å². The summed E-state index contributed by atoms with van der Waals surface area (Å²) in [6.45, 7) is 3.10. The Morgan fingerprint density at radius 3 is 2.52 bits per heavy atom. The van der Waals surface area contributed by atoms with Gasteiger partial charge in [-0.05, 0) is 65.7 Å². The highest BCUT2D eigenvalue weighted by molar-refractivity contribution is 5.98. The Bertz CT molecular complexity index is 1180. The lowest BCUT2D eigenvalue weighted by molar-refractivity contribution is -0.138. The van der Waals surface area contributed by atoms with E-state index in [1.165, 1.54) is 26.3 Å². The second-order valence-corrected chi connectivity index (χ2v) is 6.73. The Kier molecular flexibility index (Phi) is 6.14. The summed E-state index contributed by atoms with van der Waals surface area (Å²) in [5, 5.41) is 11.1. The van der Waals surface area contributed by atoms with E-state index in [4.69, 9.17) is 9.57 Å². The molecule has 31 heavy (non-hydrogen) atoms. The van der Waals surface area contributed by atoms with Crippen LogP contribution in [0.2, 0.25) is 0 Å². The van der Waals surface area contributed by atoms with Crippen molar-refractivity contribution in [3.05, 3.63) is 69.1 Å². The Hall–Kier alpha value is -3.63. The van der Waals surface area contributed by atoms with Crippen LogP contribution in [0, 0.1) is 6.92 Å². The van der Waals surface area contributed by atoms with Crippen LogP contribution < -0.4 is 10.4 Å². The normalized spacial score (nSPS) is 12.2. The summed E-state index contributed by atoms with van der Waals surface area (Å²) >= 11 is 0. The van der Waals surface area contributed by atoms with E-state index >= 15 is 0 Å². The van der Waals surface area contributed by atoms with Crippen molar-refractivity contribution in [2.45, 2.75) is 26.6 Å². The van der Waals surface area contributed by atoms with E-state index in [0.29, 0.717) is 17.0 Å². The summed E-state index contributed by atoms with van der Waals surface area (Å²) < 4.78 is 48.4. The first-order valence-electron chi connectivity index (χ1n) is 9.13. The maximum atomic E-state index is 13.7. The molecule has 0 spiro atoms. The number of alkyl halides is 3.